The van der Waals surface area contributed by atoms with Crippen molar-refractivity contribution in [3.8, 4) is 0 Å². The zero-order valence-corrected chi connectivity index (χ0v) is 13.3. The first-order valence-corrected chi connectivity index (χ1v) is 7.54. The van der Waals surface area contributed by atoms with Crippen LogP contribution < -0.4 is 10.2 Å². The molecule has 1 aliphatic rings. The molecule has 0 radical (unpaired) electrons. The summed E-state index contributed by atoms with van der Waals surface area (Å²) in [4.78, 5) is 18.6. The van der Waals surface area contributed by atoms with Crippen molar-refractivity contribution in [2.75, 3.05) is 65.3 Å². The molecule has 5 heteroatoms. The van der Waals surface area contributed by atoms with Crippen molar-refractivity contribution in [3.05, 3.63) is 29.8 Å². The van der Waals surface area contributed by atoms with Crippen LogP contribution in [0.2, 0.25) is 0 Å². The first kappa shape index (κ1) is 15.8. The molecule has 21 heavy (non-hydrogen) atoms. The van der Waals surface area contributed by atoms with E-state index in [4.69, 9.17) is 0 Å². The summed E-state index contributed by atoms with van der Waals surface area (Å²) in [5, 5.41) is 3.34. The highest BCUT2D eigenvalue weighted by molar-refractivity contribution is 5.94. The Morgan fingerprint density at radius 3 is 2.33 bits per heavy atom. The molecule has 1 heterocycles. The van der Waals surface area contributed by atoms with Gasteiger partial charge in [-0.25, -0.2) is 0 Å². The van der Waals surface area contributed by atoms with Crippen LogP contribution >= 0.6 is 0 Å². The van der Waals surface area contributed by atoms with Crippen molar-refractivity contribution in [3.63, 3.8) is 0 Å². The summed E-state index contributed by atoms with van der Waals surface area (Å²) in [5.41, 5.74) is 1.86. The fourth-order valence-corrected chi connectivity index (χ4v) is 2.45. The van der Waals surface area contributed by atoms with Crippen LogP contribution in [0.15, 0.2) is 24.3 Å². The number of benzene rings is 1. The summed E-state index contributed by atoms with van der Waals surface area (Å²) in [6, 6.07) is 7.77. The number of amides is 1. The highest BCUT2D eigenvalue weighted by Gasteiger charge is 2.14. The number of hydrogen-bond acceptors (Lipinski definition) is 4. The predicted octanol–water partition coefficient (Wildman–Crippen LogP) is 0.730. The predicted molar refractivity (Wildman–Crippen MR) is 87.0 cm³/mol. The number of nitrogens with one attached hydrogen (secondary N) is 1. The lowest BCUT2D eigenvalue weighted by Crippen LogP contribution is -2.46. The van der Waals surface area contributed by atoms with Gasteiger partial charge in [0.15, 0.2) is 0 Å². The molecule has 2 rings (SSSR count). The second-order valence-corrected chi connectivity index (χ2v) is 5.76. The monoisotopic (exact) mass is 290 g/mol. The third kappa shape index (κ3) is 4.44. The summed E-state index contributed by atoms with van der Waals surface area (Å²) >= 11 is 0. The summed E-state index contributed by atoms with van der Waals surface area (Å²) in [6.45, 7) is 5.94. The van der Waals surface area contributed by atoms with E-state index < -0.39 is 0 Å². The molecule has 1 saturated heterocycles. The van der Waals surface area contributed by atoms with Gasteiger partial charge < -0.3 is 15.1 Å². The van der Waals surface area contributed by atoms with Gasteiger partial charge in [-0.15, -0.1) is 0 Å². The third-order valence-corrected chi connectivity index (χ3v) is 3.94. The van der Waals surface area contributed by atoms with Gasteiger partial charge in [0, 0.05) is 71.7 Å². The number of carbonyl (C=O) groups is 1. The largest absolute Gasteiger partial charge is 0.378 e. The van der Waals surface area contributed by atoms with E-state index in [1.165, 1.54) is 0 Å². The van der Waals surface area contributed by atoms with Crippen LogP contribution in [0.1, 0.15) is 10.4 Å². The summed E-state index contributed by atoms with van der Waals surface area (Å²) in [6.07, 6.45) is 0. The maximum Gasteiger partial charge on any atom is 0.253 e. The lowest BCUT2D eigenvalue weighted by Gasteiger charge is -2.29. The number of nitrogens with zero attached hydrogens (tertiary/aromatic N) is 3. The van der Waals surface area contributed by atoms with Crippen LogP contribution in [0.3, 0.4) is 0 Å². The van der Waals surface area contributed by atoms with E-state index in [1.807, 2.05) is 55.2 Å². The van der Waals surface area contributed by atoms with Crippen LogP contribution in [-0.2, 0) is 0 Å². The molecule has 5 nitrogen and oxygen atoms in total. The zero-order valence-electron chi connectivity index (χ0n) is 13.3. The average Bonchev–Trinajstić information content (AvgIpc) is 2.53. The molecule has 116 valence electrons. The fourth-order valence-electron chi connectivity index (χ4n) is 2.45. The van der Waals surface area contributed by atoms with Gasteiger partial charge in [-0.1, -0.05) is 0 Å². The van der Waals surface area contributed by atoms with Crippen LogP contribution in [0.25, 0.3) is 0 Å². The molecule has 0 saturated carbocycles. The molecule has 1 aliphatic heterocycles. The highest BCUT2D eigenvalue weighted by Crippen LogP contribution is 2.13. The van der Waals surface area contributed by atoms with Crippen molar-refractivity contribution in [2.45, 2.75) is 0 Å². The number of likely N-dealkylation sites (N-methyl/N-ethyl adjacent to an activating group) is 1. The topological polar surface area (TPSA) is 38.8 Å². The van der Waals surface area contributed by atoms with Gasteiger partial charge in [0.05, 0.1) is 0 Å². The van der Waals surface area contributed by atoms with E-state index in [1.54, 1.807) is 0 Å². The molecule has 0 aromatic heterocycles. The zero-order chi connectivity index (χ0) is 15.2. The Morgan fingerprint density at radius 2 is 1.76 bits per heavy atom. The van der Waals surface area contributed by atoms with Gasteiger partial charge in [0.1, 0.15) is 0 Å². The van der Waals surface area contributed by atoms with Crippen LogP contribution in [0.5, 0.6) is 0 Å². The van der Waals surface area contributed by atoms with Crippen LogP contribution in [0, 0.1) is 0 Å². The summed E-state index contributed by atoms with van der Waals surface area (Å²) in [7, 11) is 5.87. The first-order chi connectivity index (χ1) is 10.1. The SMILES string of the molecule is CN(CCN1CCNCC1)C(=O)c1ccc(N(C)C)cc1. The number of rotatable bonds is 5. The Kier molecular flexibility index (Phi) is 5.59. The van der Waals surface area contributed by atoms with E-state index in [9.17, 15) is 4.79 Å². The molecule has 1 aromatic rings. The van der Waals surface area contributed by atoms with Gasteiger partial charge in [-0.2, -0.15) is 0 Å². The second kappa shape index (κ2) is 7.43. The molecule has 1 aromatic carbocycles. The van der Waals surface area contributed by atoms with Gasteiger partial charge in [0.2, 0.25) is 0 Å². The Hall–Kier alpha value is -1.59. The Balaban J connectivity index is 1.86. The van der Waals surface area contributed by atoms with Crippen LogP contribution in [0.4, 0.5) is 5.69 Å². The molecule has 0 aliphatic carbocycles. The molecule has 0 atom stereocenters. The molecule has 1 amide bonds. The van der Waals surface area contributed by atoms with Gasteiger partial charge in [0.25, 0.3) is 5.91 Å². The van der Waals surface area contributed by atoms with E-state index in [0.717, 1.165) is 50.5 Å². The molecular weight excluding hydrogens is 264 g/mol. The lowest BCUT2D eigenvalue weighted by molar-refractivity contribution is 0.0775. The molecule has 0 bridgehead atoms. The van der Waals surface area contributed by atoms with Crippen molar-refractivity contribution < 1.29 is 4.79 Å². The van der Waals surface area contributed by atoms with Crippen molar-refractivity contribution in [1.29, 1.82) is 0 Å². The van der Waals surface area contributed by atoms with Gasteiger partial charge >= 0.3 is 0 Å². The number of anilines is 1. The molecule has 0 unspecified atom stereocenters. The molecule has 1 N–H and O–H groups in total. The fraction of sp³-hybridized carbons (Fsp3) is 0.562. The minimum atomic E-state index is 0.0930. The Bertz CT molecular complexity index is 452. The lowest BCUT2D eigenvalue weighted by atomic mass is 10.1. The second-order valence-electron chi connectivity index (χ2n) is 5.76. The van der Waals surface area contributed by atoms with Gasteiger partial charge in [-0.3, -0.25) is 9.69 Å². The molecule has 0 spiro atoms. The molecule has 1 fully saturated rings. The standard InChI is InChI=1S/C16H26N4O/c1-18(2)15-6-4-14(5-7-15)16(21)19(3)12-13-20-10-8-17-9-11-20/h4-7,17H,8-13H2,1-3H3. The van der Waals surface area contributed by atoms with Gasteiger partial charge in [-0.05, 0) is 24.3 Å². The third-order valence-electron chi connectivity index (χ3n) is 3.94. The van der Waals surface area contributed by atoms with E-state index in [0.29, 0.717) is 0 Å². The Labute approximate surface area is 127 Å². The van der Waals surface area contributed by atoms with E-state index in [2.05, 4.69) is 10.2 Å². The number of hydrogen-bond donors (Lipinski definition) is 1. The quantitative estimate of drug-likeness (QED) is 0.868. The minimum absolute atomic E-state index is 0.0930. The van der Waals surface area contributed by atoms with E-state index >= 15 is 0 Å². The summed E-state index contributed by atoms with van der Waals surface area (Å²) in [5.74, 6) is 0.0930. The minimum Gasteiger partial charge on any atom is -0.378 e. The average molecular weight is 290 g/mol. The first-order valence-electron chi connectivity index (χ1n) is 7.54. The number of piperazine rings is 1. The molecular formula is C16H26N4O. The normalized spacial score (nSPS) is 15.8. The maximum atomic E-state index is 12.4. The Morgan fingerprint density at radius 1 is 1.14 bits per heavy atom. The smallest absolute Gasteiger partial charge is 0.253 e. The van der Waals surface area contributed by atoms with Crippen molar-refractivity contribution in [2.24, 2.45) is 0 Å². The van der Waals surface area contributed by atoms with E-state index in [-0.39, 0.29) is 5.91 Å². The van der Waals surface area contributed by atoms with Crippen LogP contribution in [-0.4, -0.2) is 76.1 Å². The highest BCUT2D eigenvalue weighted by atomic mass is 16.2. The van der Waals surface area contributed by atoms with Crippen molar-refractivity contribution in [1.82, 2.24) is 15.1 Å². The van der Waals surface area contributed by atoms with Crippen molar-refractivity contribution >= 4 is 11.6 Å². The maximum absolute atomic E-state index is 12.4. The number of carbonyl (C=O) groups excluding carboxylic acids is 1. The summed E-state index contributed by atoms with van der Waals surface area (Å²) < 4.78 is 0.